The van der Waals surface area contributed by atoms with E-state index in [0.717, 1.165) is 60.5 Å². The molecule has 0 spiro atoms. The van der Waals surface area contributed by atoms with Gasteiger partial charge >= 0.3 is 0 Å². The number of aromatic nitrogens is 4. The van der Waals surface area contributed by atoms with E-state index in [4.69, 9.17) is 4.52 Å². The third kappa shape index (κ3) is 4.14. The maximum atomic E-state index is 5.38. The third-order valence-electron chi connectivity index (χ3n) is 4.14. The zero-order valence-electron chi connectivity index (χ0n) is 14.1. The molecule has 0 bridgehead atoms. The molecule has 0 saturated carbocycles. The van der Waals surface area contributed by atoms with Crippen LogP contribution in [0.1, 0.15) is 49.9 Å². The second-order valence-corrected chi connectivity index (χ2v) is 7.54. The van der Waals surface area contributed by atoms with Crippen LogP contribution in [-0.2, 0) is 19.2 Å². The van der Waals surface area contributed by atoms with Gasteiger partial charge in [-0.05, 0) is 31.8 Å². The topological polar surface area (TPSA) is 68.8 Å². The number of nitrogens with one attached hydrogen (secondary N) is 1. The fourth-order valence-corrected chi connectivity index (χ4v) is 3.75. The molecule has 1 aliphatic rings. The zero-order chi connectivity index (χ0) is 16.2. The average molecular weight is 335 g/mol. The molecule has 0 atom stereocenters. The Bertz CT molecular complexity index is 630. The summed E-state index contributed by atoms with van der Waals surface area (Å²) < 4.78 is 7.52. The maximum absolute atomic E-state index is 5.38. The summed E-state index contributed by atoms with van der Waals surface area (Å²) in [4.78, 5) is 0. The first-order valence-corrected chi connectivity index (χ1v) is 9.29. The van der Waals surface area contributed by atoms with Crippen molar-refractivity contribution in [1.29, 1.82) is 0 Å². The van der Waals surface area contributed by atoms with Crippen LogP contribution in [0, 0.1) is 5.92 Å². The molecular formula is C16H25N5OS. The van der Waals surface area contributed by atoms with Crippen LogP contribution >= 0.6 is 11.8 Å². The lowest BCUT2D eigenvalue weighted by Gasteiger charge is -2.21. The molecule has 1 aliphatic heterocycles. The van der Waals surface area contributed by atoms with Crippen LogP contribution in [0.2, 0.25) is 0 Å². The van der Waals surface area contributed by atoms with Crippen molar-refractivity contribution in [3.05, 3.63) is 23.3 Å². The standard InChI is InChI=1S/C16H25N5OS/c1-11(2)8-14-9-13(20-22-14)10-23-16-19-18-15(21(16)3)12-4-6-17-7-5-12/h9,11-12,17H,4-8,10H2,1-3H3. The molecule has 0 amide bonds. The predicted molar refractivity (Wildman–Crippen MR) is 90.5 cm³/mol. The Hall–Kier alpha value is -1.34. The van der Waals surface area contributed by atoms with Gasteiger partial charge in [-0.1, -0.05) is 30.8 Å². The van der Waals surface area contributed by atoms with Gasteiger partial charge in [0.15, 0.2) is 5.16 Å². The van der Waals surface area contributed by atoms with E-state index in [2.05, 4.69) is 52.2 Å². The Labute approximate surface area is 141 Å². The number of hydrogen-bond donors (Lipinski definition) is 1. The van der Waals surface area contributed by atoms with Gasteiger partial charge in [-0.3, -0.25) is 0 Å². The quantitative estimate of drug-likeness (QED) is 0.819. The highest BCUT2D eigenvalue weighted by Gasteiger charge is 2.21. The SMILES string of the molecule is CC(C)Cc1cc(CSc2nnc(C3CCNCC3)n2C)no1. The maximum Gasteiger partial charge on any atom is 0.191 e. The molecule has 126 valence electrons. The van der Waals surface area contributed by atoms with Crippen molar-refractivity contribution in [3.63, 3.8) is 0 Å². The Balaban J connectivity index is 1.60. The molecule has 1 saturated heterocycles. The summed E-state index contributed by atoms with van der Waals surface area (Å²) in [6.07, 6.45) is 3.21. The summed E-state index contributed by atoms with van der Waals surface area (Å²) >= 11 is 1.67. The largest absolute Gasteiger partial charge is 0.361 e. The lowest BCUT2D eigenvalue weighted by atomic mass is 9.97. The van der Waals surface area contributed by atoms with Gasteiger partial charge in [-0.2, -0.15) is 0 Å². The van der Waals surface area contributed by atoms with Crippen LogP contribution in [0.15, 0.2) is 15.7 Å². The van der Waals surface area contributed by atoms with Crippen molar-refractivity contribution in [1.82, 2.24) is 25.2 Å². The van der Waals surface area contributed by atoms with Crippen LogP contribution in [0.4, 0.5) is 0 Å². The average Bonchev–Trinajstić information content (AvgIpc) is 3.12. The van der Waals surface area contributed by atoms with Crippen molar-refractivity contribution in [2.24, 2.45) is 13.0 Å². The highest BCUT2D eigenvalue weighted by atomic mass is 32.2. The molecule has 23 heavy (non-hydrogen) atoms. The Morgan fingerprint density at radius 2 is 2.13 bits per heavy atom. The summed E-state index contributed by atoms with van der Waals surface area (Å²) in [5.41, 5.74) is 0.970. The lowest BCUT2D eigenvalue weighted by molar-refractivity contribution is 0.365. The molecule has 1 N–H and O–H groups in total. The minimum Gasteiger partial charge on any atom is -0.361 e. The van der Waals surface area contributed by atoms with Gasteiger partial charge in [0.25, 0.3) is 0 Å². The predicted octanol–water partition coefficient (Wildman–Crippen LogP) is 2.76. The highest BCUT2D eigenvalue weighted by molar-refractivity contribution is 7.98. The number of hydrogen-bond acceptors (Lipinski definition) is 6. The van der Waals surface area contributed by atoms with Crippen molar-refractivity contribution in [3.8, 4) is 0 Å². The summed E-state index contributed by atoms with van der Waals surface area (Å²) in [6.45, 7) is 6.49. The van der Waals surface area contributed by atoms with E-state index < -0.39 is 0 Å². The first kappa shape index (κ1) is 16.5. The van der Waals surface area contributed by atoms with Gasteiger partial charge in [0.05, 0.1) is 5.69 Å². The van der Waals surface area contributed by atoms with Crippen molar-refractivity contribution >= 4 is 11.8 Å². The Kier molecular flexibility index (Phi) is 5.38. The third-order valence-corrected chi connectivity index (χ3v) is 5.19. The number of rotatable bonds is 6. The van der Waals surface area contributed by atoms with E-state index in [-0.39, 0.29) is 0 Å². The molecule has 6 nitrogen and oxygen atoms in total. The van der Waals surface area contributed by atoms with Crippen LogP contribution in [0.25, 0.3) is 0 Å². The normalized spacial score (nSPS) is 16.3. The van der Waals surface area contributed by atoms with Crippen molar-refractivity contribution in [2.75, 3.05) is 13.1 Å². The van der Waals surface area contributed by atoms with Crippen LogP contribution < -0.4 is 5.32 Å². The fraction of sp³-hybridized carbons (Fsp3) is 0.688. The van der Waals surface area contributed by atoms with E-state index in [1.165, 1.54) is 0 Å². The smallest absolute Gasteiger partial charge is 0.191 e. The van der Waals surface area contributed by atoms with E-state index in [1.807, 2.05) is 0 Å². The van der Waals surface area contributed by atoms with Crippen LogP contribution in [0.3, 0.4) is 0 Å². The van der Waals surface area contributed by atoms with Crippen LogP contribution in [-0.4, -0.2) is 33.0 Å². The van der Waals surface area contributed by atoms with Crippen molar-refractivity contribution in [2.45, 2.75) is 49.9 Å². The molecule has 0 aromatic carbocycles. The minimum absolute atomic E-state index is 0.521. The molecule has 1 fully saturated rings. The number of nitrogens with zero attached hydrogens (tertiary/aromatic N) is 4. The molecule has 2 aromatic heterocycles. The molecule has 3 rings (SSSR count). The van der Waals surface area contributed by atoms with E-state index >= 15 is 0 Å². The van der Waals surface area contributed by atoms with E-state index in [1.54, 1.807) is 11.8 Å². The molecular weight excluding hydrogens is 310 g/mol. The zero-order valence-corrected chi connectivity index (χ0v) is 14.9. The van der Waals surface area contributed by atoms with E-state index in [9.17, 15) is 0 Å². The number of piperidine rings is 1. The second kappa shape index (κ2) is 7.49. The first-order chi connectivity index (χ1) is 11.1. The molecule has 7 heteroatoms. The Morgan fingerprint density at radius 3 is 2.87 bits per heavy atom. The minimum atomic E-state index is 0.521. The fourth-order valence-electron chi connectivity index (χ4n) is 2.95. The summed E-state index contributed by atoms with van der Waals surface area (Å²) in [5, 5.41) is 17.3. The molecule has 0 radical (unpaired) electrons. The molecule has 0 aliphatic carbocycles. The second-order valence-electron chi connectivity index (χ2n) is 6.60. The summed E-state index contributed by atoms with van der Waals surface area (Å²) in [6, 6.07) is 2.05. The van der Waals surface area contributed by atoms with Crippen molar-refractivity contribution < 1.29 is 4.52 Å². The van der Waals surface area contributed by atoms with Gasteiger partial charge in [-0.25, -0.2) is 0 Å². The van der Waals surface area contributed by atoms with E-state index in [0.29, 0.717) is 11.8 Å². The van der Waals surface area contributed by atoms with Crippen LogP contribution in [0.5, 0.6) is 0 Å². The van der Waals surface area contributed by atoms with Gasteiger partial charge in [0, 0.05) is 31.2 Å². The van der Waals surface area contributed by atoms with Gasteiger partial charge in [0.1, 0.15) is 11.6 Å². The van der Waals surface area contributed by atoms with Gasteiger partial charge in [-0.15, -0.1) is 10.2 Å². The van der Waals surface area contributed by atoms with Gasteiger partial charge < -0.3 is 14.4 Å². The molecule has 0 unspecified atom stereocenters. The monoisotopic (exact) mass is 335 g/mol. The summed E-state index contributed by atoms with van der Waals surface area (Å²) in [7, 11) is 2.06. The summed E-state index contributed by atoms with van der Waals surface area (Å²) in [5.74, 6) is 3.93. The lowest BCUT2D eigenvalue weighted by Crippen LogP contribution is -2.27. The van der Waals surface area contributed by atoms with Gasteiger partial charge in [0.2, 0.25) is 0 Å². The highest BCUT2D eigenvalue weighted by Crippen LogP contribution is 2.27. The first-order valence-electron chi connectivity index (χ1n) is 8.30. The number of thioether (sulfide) groups is 1. The Morgan fingerprint density at radius 1 is 1.35 bits per heavy atom. The molecule has 2 aromatic rings. The molecule has 3 heterocycles.